The van der Waals surface area contributed by atoms with Crippen molar-refractivity contribution in [2.75, 3.05) is 26.4 Å². The summed E-state index contributed by atoms with van der Waals surface area (Å²) in [5, 5.41) is 141. The van der Waals surface area contributed by atoms with Crippen LogP contribution in [0.1, 0.15) is 0 Å². The number of ether oxygens (including phenoxy) is 6. The van der Waals surface area contributed by atoms with Gasteiger partial charge in [0.2, 0.25) is 0 Å². The fourth-order valence-corrected chi connectivity index (χ4v) is 4.98. The molecular weight excluding hydrogens is 624 g/mol. The number of hydrogen-bond donors (Lipinski definition) is 14. The summed E-state index contributed by atoms with van der Waals surface area (Å²) >= 11 is 0. The molecule has 0 amide bonds. The molecule has 45 heavy (non-hydrogen) atoms. The Morgan fingerprint density at radius 2 is 1.13 bits per heavy atom. The van der Waals surface area contributed by atoms with Gasteiger partial charge >= 0.3 is 0 Å². The van der Waals surface area contributed by atoms with Crippen LogP contribution < -0.4 is 0 Å². The second-order valence-electron chi connectivity index (χ2n) is 10.8. The van der Waals surface area contributed by atoms with Crippen molar-refractivity contribution in [3.05, 3.63) is 0 Å². The lowest BCUT2D eigenvalue weighted by Gasteiger charge is -2.46. The van der Waals surface area contributed by atoms with E-state index in [0.717, 1.165) is 0 Å². The number of aldehydes is 1. The summed E-state index contributed by atoms with van der Waals surface area (Å²) in [6.07, 6.45) is -35.4. The minimum absolute atomic E-state index is 0.0981. The van der Waals surface area contributed by atoms with Gasteiger partial charge in [-0.25, -0.2) is 0 Å². The van der Waals surface area contributed by atoms with Crippen LogP contribution in [0.2, 0.25) is 0 Å². The molecule has 0 aliphatic carbocycles. The molecule has 3 fully saturated rings. The molecule has 3 saturated heterocycles. The third-order valence-electron chi connectivity index (χ3n) is 7.74. The number of aliphatic hydroxyl groups is 14. The maximum atomic E-state index is 10.9. The van der Waals surface area contributed by atoms with Gasteiger partial charge in [-0.05, 0) is 0 Å². The maximum absolute atomic E-state index is 10.9. The molecule has 0 aromatic rings. The van der Waals surface area contributed by atoms with Crippen molar-refractivity contribution in [3.63, 3.8) is 0 Å². The zero-order valence-electron chi connectivity index (χ0n) is 23.5. The van der Waals surface area contributed by atoms with Gasteiger partial charge in [0.1, 0.15) is 97.7 Å². The number of aliphatic hydroxyl groups excluding tert-OH is 14. The lowest BCUT2D eigenvalue weighted by Crippen LogP contribution is -2.65. The van der Waals surface area contributed by atoms with Gasteiger partial charge in [0.05, 0.1) is 26.4 Å². The predicted molar refractivity (Wildman–Crippen MR) is 135 cm³/mol. The quantitative estimate of drug-likeness (QED) is 0.0765. The number of rotatable bonds is 14. The highest BCUT2D eigenvalue weighted by molar-refractivity contribution is 5.56. The van der Waals surface area contributed by atoms with E-state index < -0.39 is 143 Å². The summed E-state index contributed by atoms with van der Waals surface area (Å²) in [7, 11) is 0. The van der Waals surface area contributed by atoms with Crippen molar-refractivity contribution in [1.29, 1.82) is 0 Å². The van der Waals surface area contributed by atoms with Crippen molar-refractivity contribution >= 4 is 6.29 Å². The molecule has 3 aliphatic heterocycles. The monoisotopic (exact) mass is 666 g/mol. The van der Waals surface area contributed by atoms with Crippen molar-refractivity contribution in [3.8, 4) is 0 Å². The van der Waals surface area contributed by atoms with Crippen LogP contribution in [0, 0.1) is 0 Å². The zero-order valence-corrected chi connectivity index (χ0v) is 23.5. The predicted octanol–water partition coefficient (Wildman–Crippen LogP) is -9.91. The number of hydrogen-bond acceptors (Lipinski definition) is 21. The lowest BCUT2D eigenvalue weighted by molar-refractivity contribution is -0.367. The molecule has 3 aliphatic rings. The van der Waals surface area contributed by atoms with E-state index in [1.165, 1.54) is 0 Å². The van der Waals surface area contributed by atoms with Gasteiger partial charge < -0.3 is 105 Å². The van der Waals surface area contributed by atoms with E-state index in [2.05, 4.69) is 0 Å². The Labute approximate surface area is 254 Å². The van der Waals surface area contributed by atoms with E-state index in [4.69, 9.17) is 28.4 Å². The lowest BCUT2D eigenvalue weighted by atomic mass is 9.96. The van der Waals surface area contributed by atoms with Gasteiger partial charge in [-0.15, -0.1) is 0 Å². The van der Waals surface area contributed by atoms with Gasteiger partial charge in [0.25, 0.3) is 0 Å². The summed E-state index contributed by atoms with van der Waals surface area (Å²) in [4.78, 5) is 10.9. The highest BCUT2D eigenvalue weighted by Crippen LogP contribution is 2.31. The highest BCUT2D eigenvalue weighted by Gasteiger charge is 2.52. The molecule has 0 spiro atoms. The third-order valence-corrected chi connectivity index (χ3v) is 7.74. The third kappa shape index (κ3) is 8.48. The number of carbonyl (C=O) groups is 1. The average Bonchev–Trinajstić information content (AvgIpc) is 3.04. The van der Waals surface area contributed by atoms with Crippen LogP contribution >= 0.6 is 0 Å². The van der Waals surface area contributed by atoms with Crippen LogP contribution in [0.15, 0.2) is 0 Å². The summed E-state index contributed by atoms with van der Waals surface area (Å²) < 4.78 is 32.2. The maximum Gasteiger partial charge on any atom is 0.187 e. The topological polar surface area (TPSA) is 356 Å². The fraction of sp³-hybridized carbons (Fsp3) is 0.958. The van der Waals surface area contributed by atoms with Gasteiger partial charge in [-0.3, -0.25) is 0 Å². The molecule has 21 nitrogen and oxygen atoms in total. The second-order valence-corrected chi connectivity index (χ2v) is 10.8. The van der Waals surface area contributed by atoms with Crippen LogP contribution in [0.5, 0.6) is 0 Å². The Morgan fingerprint density at radius 1 is 0.622 bits per heavy atom. The van der Waals surface area contributed by atoms with E-state index in [1.807, 2.05) is 0 Å². The van der Waals surface area contributed by atoms with Crippen molar-refractivity contribution in [2.45, 2.75) is 117 Å². The van der Waals surface area contributed by atoms with Gasteiger partial charge in [0.15, 0.2) is 25.2 Å². The molecular formula is C24H42O21. The van der Waals surface area contributed by atoms with E-state index >= 15 is 0 Å². The summed E-state index contributed by atoms with van der Waals surface area (Å²) in [5.41, 5.74) is 0. The molecule has 0 aromatic carbocycles. The van der Waals surface area contributed by atoms with E-state index in [9.17, 15) is 76.3 Å². The summed E-state index contributed by atoms with van der Waals surface area (Å²) in [6.45, 7) is -3.51. The first-order chi connectivity index (χ1) is 21.2. The van der Waals surface area contributed by atoms with Crippen molar-refractivity contribution < 1.29 is 105 Å². The van der Waals surface area contributed by atoms with Crippen LogP contribution in [0.25, 0.3) is 0 Å². The van der Waals surface area contributed by atoms with E-state index in [0.29, 0.717) is 0 Å². The highest BCUT2D eigenvalue weighted by atomic mass is 16.8. The van der Waals surface area contributed by atoms with E-state index in [1.54, 1.807) is 0 Å². The zero-order chi connectivity index (χ0) is 33.7. The summed E-state index contributed by atoms with van der Waals surface area (Å²) in [5.74, 6) is 0. The van der Waals surface area contributed by atoms with Crippen LogP contribution in [0.4, 0.5) is 0 Å². The molecule has 3 heterocycles. The first-order valence-electron chi connectivity index (χ1n) is 13.9. The molecule has 0 unspecified atom stereocenters. The molecule has 14 N–H and O–H groups in total. The Bertz CT molecular complexity index is 899. The minimum atomic E-state index is -2.15. The van der Waals surface area contributed by atoms with E-state index in [-0.39, 0.29) is 6.29 Å². The molecule has 19 atom stereocenters. The normalized spacial score (nSPS) is 45.4. The van der Waals surface area contributed by atoms with Crippen molar-refractivity contribution in [2.24, 2.45) is 0 Å². The first kappa shape index (κ1) is 38.3. The Morgan fingerprint density at radius 3 is 1.69 bits per heavy atom. The molecule has 3 rings (SSSR count). The van der Waals surface area contributed by atoms with Gasteiger partial charge in [-0.1, -0.05) is 0 Å². The van der Waals surface area contributed by atoms with Crippen LogP contribution in [0.3, 0.4) is 0 Å². The van der Waals surface area contributed by atoms with Crippen LogP contribution in [-0.4, -0.2) is 221 Å². The summed E-state index contributed by atoms with van der Waals surface area (Å²) in [6, 6.07) is 0. The Kier molecular flexibility index (Phi) is 14.3. The molecule has 0 bridgehead atoms. The SMILES string of the molecule is O=C[C@H](O)[C@@H](O)[C@H](O[C@H]1O[C@H](CO[C@H]2O[C@H](CO)[C@@H](O)[C@H](O[C@H]3O[C@H](CO)[C@@H](O)[C@H](O)[C@H]3O)[C@H]2O)[C@@H](O)[C@H](O)[C@H]1O)[C@H](O)CO. The molecule has 21 heteroatoms. The number of carbonyl (C=O) groups excluding carboxylic acids is 1. The van der Waals surface area contributed by atoms with Gasteiger partial charge in [-0.2, -0.15) is 0 Å². The van der Waals surface area contributed by atoms with Crippen molar-refractivity contribution in [1.82, 2.24) is 0 Å². The fourth-order valence-electron chi connectivity index (χ4n) is 4.98. The Hall–Kier alpha value is -1.13. The van der Waals surface area contributed by atoms with Crippen LogP contribution in [-0.2, 0) is 33.2 Å². The molecule has 0 aromatic heterocycles. The smallest absolute Gasteiger partial charge is 0.187 e. The first-order valence-corrected chi connectivity index (χ1v) is 13.9. The minimum Gasteiger partial charge on any atom is -0.394 e. The average molecular weight is 667 g/mol. The largest absolute Gasteiger partial charge is 0.394 e. The molecule has 0 saturated carbocycles. The Balaban J connectivity index is 1.73. The molecule has 0 radical (unpaired) electrons. The van der Waals surface area contributed by atoms with Gasteiger partial charge in [0, 0.05) is 0 Å². The molecule has 264 valence electrons. The second kappa shape index (κ2) is 16.8. The standard InChI is InChI=1S/C24H42O21/c25-1-6(29)11(31)20(7(30)2-26)44-24-18(38)16(36)13(33)10(43-24)5-40-22-19(39)21(14(34)9(4-28)41-22)45-23-17(37)15(35)12(32)8(3-27)42-23/h1,6-24,26-39H,2-5H2/t6-,7+,8+,9+,10+,11+,12+,13+,14+,15-,16-,17+,18+,19+,20+,21-,22-,23+,24+/m0/s1.